The molecule has 0 spiro atoms. The van der Waals surface area contributed by atoms with Crippen molar-refractivity contribution in [1.29, 1.82) is 0 Å². The van der Waals surface area contributed by atoms with E-state index in [1.807, 2.05) is 0 Å². The van der Waals surface area contributed by atoms with Gasteiger partial charge in [-0.25, -0.2) is 0 Å². The average Bonchev–Trinajstić information content (AvgIpc) is 2.34. The van der Waals surface area contributed by atoms with Gasteiger partial charge in [-0.05, 0) is 19.1 Å². The molecule has 0 heterocycles. The maximum absolute atomic E-state index is 11.2. The van der Waals surface area contributed by atoms with Crippen LogP contribution in [-0.4, -0.2) is 21.6 Å². The van der Waals surface area contributed by atoms with Crippen molar-refractivity contribution in [2.24, 2.45) is 0 Å². The highest BCUT2D eigenvalue weighted by atomic mass is 32.2. The fraction of sp³-hybridized carbons (Fsp3) is 0.231. The second-order valence-corrected chi connectivity index (χ2v) is 4.78. The Morgan fingerprint density at radius 3 is 2.58 bits per heavy atom. The fourth-order valence-electron chi connectivity index (χ4n) is 1.28. The zero-order valence-electron chi connectivity index (χ0n) is 10.4. The van der Waals surface area contributed by atoms with Gasteiger partial charge in [0.2, 0.25) is 0 Å². The Bertz CT molecular complexity index is 598. The highest BCUT2D eigenvalue weighted by molar-refractivity contribution is 8.13. The molecular weight excluding hydrogens is 266 g/mol. The summed E-state index contributed by atoms with van der Waals surface area (Å²) in [4.78, 5) is 32.2. The van der Waals surface area contributed by atoms with Crippen LogP contribution in [0.4, 0.5) is 5.69 Å². The maximum Gasteiger partial charge on any atom is 0.285 e. The van der Waals surface area contributed by atoms with E-state index in [4.69, 9.17) is 0 Å². The van der Waals surface area contributed by atoms with Gasteiger partial charge >= 0.3 is 0 Å². The molecule has 1 aromatic carbocycles. The normalized spacial score (nSPS) is 9.37. The van der Waals surface area contributed by atoms with Crippen LogP contribution in [0.25, 0.3) is 0 Å². The molecular formula is C13H11NO4S. The topological polar surface area (TPSA) is 77.3 Å². The van der Waals surface area contributed by atoms with Crippen molar-refractivity contribution in [2.45, 2.75) is 13.8 Å². The van der Waals surface area contributed by atoms with E-state index in [2.05, 4.69) is 11.8 Å². The molecule has 0 aromatic heterocycles. The lowest BCUT2D eigenvalue weighted by molar-refractivity contribution is -0.385. The number of hydrogen-bond acceptors (Lipinski definition) is 5. The van der Waals surface area contributed by atoms with Gasteiger partial charge in [0.05, 0.1) is 10.7 Å². The molecule has 0 fully saturated rings. The lowest BCUT2D eigenvalue weighted by Gasteiger charge is -1.98. The minimum Gasteiger partial charge on any atom is -0.295 e. The third-order valence-electron chi connectivity index (χ3n) is 2.17. The molecule has 0 saturated carbocycles. The third kappa shape index (κ3) is 4.56. The number of nitro benzene ring substituents is 1. The van der Waals surface area contributed by atoms with Crippen LogP contribution in [0.15, 0.2) is 18.2 Å². The largest absolute Gasteiger partial charge is 0.295 e. The molecule has 0 saturated heterocycles. The van der Waals surface area contributed by atoms with Crippen LogP contribution in [0.3, 0.4) is 0 Å². The summed E-state index contributed by atoms with van der Waals surface area (Å²) in [7, 11) is 0. The number of ketones is 1. The van der Waals surface area contributed by atoms with Gasteiger partial charge in [-0.2, -0.15) is 0 Å². The molecule has 1 rings (SSSR count). The third-order valence-corrected chi connectivity index (χ3v) is 2.87. The van der Waals surface area contributed by atoms with Crippen LogP contribution in [-0.2, 0) is 4.79 Å². The molecule has 0 unspecified atom stereocenters. The summed E-state index contributed by atoms with van der Waals surface area (Å²) in [5.74, 6) is 5.36. The summed E-state index contributed by atoms with van der Waals surface area (Å²) in [6.07, 6.45) is 0. The number of nitro groups is 1. The van der Waals surface area contributed by atoms with E-state index in [1.54, 1.807) is 0 Å². The van der Waals surface area contributed by atoms with Gasteiger partial charge in [-0.3, -0.25) is 19.7 Å². The quantitative estimate of drug-likeness (QED) is 0.367. The fourth-order valence-corrected chi connectivity index (χ4v) is 1.62. The SMILES string of the molecule is CC(=O)SCC#Cc1ccc(C(C)=O)cc1[N+](=O)[O-]. The molecule has 0 radical (unpaired) electrons. The first kappa shape index (κ1) is 14.9. The molecule has 0 atom stereocenters. The van der Waals surface area contributed by atoms with Crippen LogP contribution in [0.2, 0.25) is 0 Å². The Balaban J connectivity index is 3.03. The Kier molecular flexibility index (Phi) is 5.27. The Labute approximate surface area is 114 Å². The van der Waals surface area contributed by atoms with Crippen molar-refractivity contribution >= 4 is 28.3 Å². The molecule has 0 bridgehead atoms. The molecule has 0 aliphatic heterocycles. The predicted molar refractivity (Wildman–Crippen MR) is 73.1 cm³/mol. The smallest absolute Gasteiger partial charge is 0.285 e. The lowest BCUT2D eigenvalue weighted by Crippen LogP contribution is -1.97. The number of carbonyl (C=O) groups is 2. The number of nitrogens with zero attached hydrogens (tertiary/aromatic N) is 1. The van der Waals surface area contributed by atoms with Crippen molar-refractivity contribution in [1.82, 2.24) is 0 Å². The summed E-state index contributed by atoms with van der Waals surface area (Å²) in [5.41, 5.74) is 0.308. The van der Waals surface area contributed by atoms with Crippen LogP contribution in [0.1, 0.15) is 29.8 Å². The van der Waals surface area contributed by atoms with Crippen LogP contribution in [0, 0.1) is 22.0 Å². The monoisotopic (exact) mass is 277 g/mol. The second kappa shape index (κ2) is 6.71. The molecule has 1 aromatic rings. The second-order valence-electron chi connectivity index (χ2n) is 3.63. The Morgan fingerprint density at radius 1 is 1.37 bits per heavy atom. The predicted octanol–water partition coefficient (Wildman–Crippen LogP) is 2.43. The molecule has 6 heteroatoms. The number of Topliss-reactive ketones (excluding diaryl/α,β-unsaturated/α-hetero) is 1. The zero-order valence-corrected chi connectivity index (χ0v) is 11.2. The summed E-state index contributed by atoms with van der Waals surface area (Å²) >= 11 is 1.04. The zero-order chi connectivity index (χ0) is 14.4. The first-order valence-electron chi connectivity index (χ1n) is 5.33. The van der Waals surface area contributed by atoms with E-state index in [0.29, 0.717) is 0 Å². The Morgan fingerprint density at radius 2 is 2.05 bits per heavy atom. The van der Waals surface area contributed by atoms with E-state index >= 15 is 0 Å². The minimum absolute atomic E-state index is 0.0595. The van der Waals surface area contributed by atoms with Gasteiger partial charge in [0, 0.05) is 18.6 Å². The lowest BCUT2D eigenvalue weighted by atomic mass is 10.1. The molecule has 0 amide bonds. The van der Waals surface area contributed by atoms with Crippen LogP contribution >= 0.6 is 11.8 Å². The minimum atomic E-state index is -0.575. The van der Waals surface area contributed by atoms with Crippen molar-refractivity contribution in [2.75, 3.05) is 5.75 Å². The van der Waals surface area contributed by atoms with Crippen molar-refractivity contribution < 1.29 is 14.5 Å². The van der Waals surface area contributed by atoms with Gasteiger partial charge in [0.1, 0.15) is 5.56 Å². The molecule has 0 aliphatic carbocycles. The van der Waals surface area contributed by atoms with E-state index in [9.17, 15) is 19.7 Å². The molecule has 98 valence electrons. The van der Waals surface area contributed by atoms with Gasteiger partial charge in [0.25, 0.3) is 5.69 Å². The number of thioether (sulfide) groups is 1. The van der Waals surface area contributed by atoms with Gasteiger partial charge in [-0.15, -0.1) is 0 Å². The first-order chi connectivity index (χ1) is 8.91. The summed E-state index contributed by atoms with van der Waals surface area (Å²) in [6.45, 7) is 2.77. The van der Waals surface area contributed by atoms with E-state index < -0.39 is 4.92 Å². The van der Waals surface area contributed by atoms with E-state index in [1.165, 1.54) is 32.0 Å². The molecule has 19 heavy (non-hydrogen) atoms. The number of carbonyl (C=O) groups excluding carboxylic acids is 2. The van der Waals surface area contributed by atoms with Crippen molar-refractivity contribution in [3.63, 3.8) is 0 Å². The molecule has 5 nitrogen and oxygen atoms in total. The molecule has 0 aliphatic rings. The van der Waals surface area contributed by atoms with E-state index in [0.717, 1.165) is 11.8 Å². The summed E-state index contributed by atoms with van der Waals surface area (Å²) in [5, 5.41) is 10.8. The van der Waals surface area contributed by atoms with Gasteiger partial charge < -0.3 is 0 Å². The van der Waals surface area contributed by atoms with Crippen molar-refractivity contribution in [3.05, 3.63) is 39.4 Å². The van der Waals surface area contributed by atoms with Crippen molar-refractivity contribution in [3.8, 4) is 11.8 Å². The van der Waals surface area contributed by atoms with Gasteiger partial charge in [-0.1, -0.05) is 23.6 Å². The van der Waals surface area contributed by atoms with E-state index in [-0.39, 0.29) is 33.5 Å². The highest BCUT2D eigenvalue weighted by Crippen LogP contribution is 2.19. The summed E-state index contributed by atoms with van der Waals surface area (Å²) < 4.78 is 0. The number of benzene rings is 1. The number of hydrogen-bond donors (Lipinski definition) is 0. The van der Waals surface area contributed by atoms with Crippen LogP contribution < -0.4 is 0 Å². The average molecular weight is 277 g/mol. The highest BCUT2D eigenvalue weighted by Gasteiger charge is 2.14. The van der Waals surface area contributed by atoms with Crippen LogP contribution in [0.5, 0.6) is 0 Å². The standard InChI is InChI=1S/C13H11NO4S/c1-9(15)12-6-5-11(13(8-12)14(17)18)4-3-7-19-10(2)16/h5-6,8H,7H2,1-2H3. The number of rotatable bonds is 3. The first-order valence-corrected chi connectivity index (χ1v) is 6.32. The maximum atomic E-state index is 11.2. The van der Waals surface area contributed by atoms with Gasteiger partial charge in [0.15, 0.2) is 10.9 Å². The Hall–Kier alpha value is -2.13. The molecule has 0 N–H and O–H groups in total. The summed E-state index contributed by atoms with van der Waals surface area (Å²) in [6, 6.07) is 4.15.